The number of nitrogens with zero attached hydrogens (tertiary/aromatic N) is 2. The van der Waals surface area contributed by atoms with Gasteiger partial charge < -0.3 is 5.32 Å². The number of pyridine rings is 1. The van der Waals surface area contributed by atoms with Gasteiger partial charge in [-0.2, -0.15) is 0 Å². The number of hydrogen-bond donors (Lipinski definition) is 1. The quantitative estimate of drug-likeness (QED) is 0.929. The molecule has 0 aliphatic rings. The second kappa shape index (κ2) is 5.80. The molecule has 19 heavy (non-hydrogen) atoms. The smallest absolute Gasteiger partial charge is 0.0981 e. The Labute approximate surface area is 119 Å². The average molecular weight is 275 g/mol. The van der Waals surface area contributed by atoms with Crippen LogP contribution in [0.1, 0.15) is 41.9 Å². The topological polar surface area (TPSA) is 37.8 Å². The van der Waals surface area contributed by atoms with Crippen LogP contribution in [-0.2, 0) is 18.5 Å². The Morgan fingerprint density at radius 1 is 1.11 bits per heavy atom. The summed E-state index contributed by atoms with van der Waals surface area (Å²) in [6.45, 7) is 10.3. The molecule has 0 radical (unpaired) electrons. The molecular formula is C15H21N3S. The highest BCUT2D eigenvalue weighted by Crippen LogP contribution is 2.26. The van der Waals surface area contributed by atoms with Crippen molar-refractivity contribution >= 4 is 11.3 Å². The summed E-state index contributed by atoms with van der Waals surface area (Å²) >= 11 is 1.79. The van der Waals surface area contributed by atoms with Crippen molar-refractivity contribution in [1.82, 2.24) is 15.3 Å². The highest BCUT2D eigenvalue weighted by atomic mass is 32.1. The maximum atomic E-state index is 4.49. The van der Waals surface area contributed by atoms with Crippen molar-refractivity contribution in [1.29, 1.82) is 0 Å². The average Bonchev–Trinajstić information content (AvgIpc) is 2.80. The summed E-state index contributed by atoms with van der Waals surface area (Å²) < 4.78 is 0. The molecule has 102 valence electrons. The molecular weight excluding hydrogens is 254 g/mol. The molecule has 4 heteroatoms. The fourth-order valence-electron chi connectivity index (χ4n) is 1.67. The number of aryl methyl sites for hydroxylation is 1. The van der Waals surface area contributed by atoms with Crippen molar-refractivity contribution in [3.8, 4) is 0 Å². The SMILES string of the molecule is Cc1ccc(CNCc2cnc(C(C)(C)C)s2)cn1. The van der Waals surface area contributed by atoms with Crippen molar-refractivity contribution < 1.29 is 0 Å². The van der Waals surface area contributed by atoms with Crippen molar-refractivity contribution in [2.75, 3.05) is 0 Å². The van der Waals surface area contributed by atoms with Crippen LogP contribution in [0.5, 0.6) is 0 Å². The number of thiazole rings is 1. The molecule has 0 saturated carbocycles. The lowest BCUT2D eigenvalue weighted by molar-refractivity contribution is 0.585. The van der Waals surface area contributed by atoms with E-state index in [0.717, 1.165) is 18.8 Å². The van der Waals surface area contributed by atoms with Crippen LogP contribution in [0.25, 0.3) is 0 Å². The van der Waals surface area contributed by atoms with E-state index in [0.29, 0.717) is 0 Å². The monoisotopic (exact) mass is 275 g/mol. The zero-order chi connectivity index (χ0) is 13.9. The van der Waals surface area contributed by atoms with Gasteiger partial charge in [-0.05, 0) is 18.6 Å². The number of nitrogens with one attached hydrogen (secondary N) is 1. The van der Waals surface area contributed by atoms with E-state index in [1.807, 2.05) is 25.4 Å². The first-order valence-corrected chi connectivity index (χ1v) is 7.34. The predicted molar refractivity (Wildman–Crippen MR) is 80.3 cm³/mol. The van der Waals surface area contributed by atoms with E-state index in [-0.39, 0.29) is 5.41 Å². The van der Waals surface area contributed by atoms with Crippen LogP contribution in [0.2, 0.25) is 0 Å². The lowest BCUT2D eigenvalue weighted by Crippen LogP contribution is -2.12. The molecule has 0 aliphatic carbocycles. The molecule has 3 nitrogen and oxygen atoms in total. The van der Waals surface area contributed by atoms with Crippen molar-refractivity contribution in [2.45, 2.75) is 46.2 Å². The Kier molecular flexibility index (Phi) is 4.32. The van der Waals surface area contributed by atoms with Crippen molar-refractivity contribution in [3.05, 3.63) is 45.7 Å². The molecule has 0 spiro atoms. The molecule has 2 heterocycles. The third-order valence-electron chi connectivity index (χ3n) is 2.80. The van der Waals surface area contributed by atoms with Crippen molar-refractivity contribution in [2.24, 2.45) is 0 Å². The first-order chi connectivity index (χ1) is 8.95. The van der Waals surface area contributed by atoms with Crippen LogP contribution in [0.3, 0.4) is 0 Å². The maximum Gasteiger partial charge on any atom is 0.0981 e. The highest BCUT2D eigenvalue weighted by molar-refractivity contribution is 7.11. The molecule has 0 aliphatic heterocycles. The molecule has 0 aromatic carbocycles. The van der Waals surface area contributed by atoms with Gasteiger partial charge >= 0.3 is 0 Å². The Morgan fingerprint density at radius 3 is 2.47 bits per heavy atom. The van der Waals surface area contributed by atoms with Crippen molar-refractivity contribution in [3.63, 3.8) is 0 Å². The maximum absolute atomic E-state index is 4.49. The van der Waals surface area contributed by atoms with Crippen LogP contribution in [0.4, 0.5) is 0 Å². The Balaban J connectivity index is 1.86. The standard InChI is InChI=1S/C15H21N3S/c1-11-5-6-12(8-17-11)7-16-9-13-10-18-14(19-13)15(2,3)4/h5-6,8,10,16H,7,9H2,1-4H3. The molecule has 0 amide bonds. The predicted octanol–water partition coefficient (Wildman–Crippen LogP) is 3.43. The van der Waals surface area contributed by atoms with E-state index in [1.165, 1.54) is 15.4 Å². The first kappa shape index (κ1) is 14.2. The number of rotatable bonds is 4. The van der Waals surface area contributed by atoms with Gasteiger partial charge in [0.05, 0.1) is 5.01 Å². The lowest BCUT2D eigenvalue weighted by atomic mass is 9.98. The Hall–Kier alpha value is -1.26. The fraction of sp³-hybridized carbons (Fsp3) is 0.467. The van der Waals surface area contributed by atoms with Crippen LogP contribution in [0, 0.1) is 6.92 Å². The van der Waals surface area contributed by atoms with Gasteiger partial charge in [-0.1, -0.05) is 26.8 Å². The zero-order valence-electron chi connectivity index (χ0n) is 12.0. The van der Waals surface area contributed by atoms with E-state index in [1.54, 1.807) is 11.3 Å². The number of aromatic nitrogens is 2. The van der Waals surface area contributed by atoms with Crippen LogP contribution < -0.4 is 5.32 Å². The van der Waals surface area contributed by atoms with Crippen LogP contribution in [0.15, 0.2) is 24.5 Å². The number of hydrogen-bond acceptors (Lipinski definition) is 4. The largest absolute Gasteiger partial charge is 0.308 e. The first-order valence-electron chi connectivity index (χ1n) is 6.52. The van der Waals surface area contributed by atoms with Gasteiger partial charge in [-0.15, -0.1) is 11.3 Å². The van der Waals surface area contributed by atoms with Gasteiger partial charge in [0.2, 0.25) is 0 Å². The molecule has 2 aromatic heterocycles. The van der Waals surface area contributed by atoms with E-state index >= 15 is 0 Å². The fourth-order valence-corrected chi connectivity index (χ4v) is 2.61. The van der Waals surface area contributed by atoms with E-state index in [9.17, 15) is 0 Å². The summed E-state index contributed by atoms with van der Waals surface area (Å²) in [6, 6.07) is 4.16. The summed E-state index contributed by atoms with van der Waals surface area (Å²) in [6.07, 6.45) is 3.90. The molecule has 1 N–H and O–H groups in total. The third kappa shape index (κ3) is 4.11. The minimum absolute atomic E-state index is 0.143. The summed E-state index contributed by atoms with van der Waals surface area (Å²) in [4.78, 5) is 10.1. The van der Waals surface area contributed by atoms with Gasteiger partial charge in [0, 0.05) is 41.5 Å². The molecule has 0 fully saturated rings. The minimum Gasteiger partial charge on any atom is -0.308 e. The van der Waals surface area contributed by atoms with Crippen LogP contribution >= 0.6 is 11.3 Å². The van der Waals surface area contributed by atoms with Crippen LogP contribution in [-0.4, -0.2) is 9.97 Å². The highest BCUT2D eigenvalue weighted by Gasteiger charge is 2.17. The Morgan fingerprint density at radius 2 is 1.89 bits per heavy atom. The molecule has 0 bridgehead atoms. The van der Waals surface area contributed by atoms with E-state index in [4.69, 9.17) is 0 Å². The van der Waals surface area contributed by atoms with Gasteiger partial charge in [0.15, 0.2) is 0 Å². The van der Waals surface area contributed by atoms with Gasteiger partial charge in [-0.3, -0.25) is 4.98 Å². The van der Waals surface area contributed by atoms with E-state index in [2.05, 4.69) is 42.1 Å². The second-order valence-corrected chi connectivity index (χ2v) is 6.91. The zero-order valence-corrected chi connectivity index (χ0v) is 12.8. The third-order valence-corrected chi connectivity index (χ3v) is 4.22. The molecule has 2 rings (SSSR count). The van der Waals surface area contributed by atoms with Gasteiger partial charge in [0.1, 0.15) is 0 Å². The summed E-state index contributed by atoms with van der Waals surface area (Å²) in [5.74, 6) is 0. The molecule has 2 aromatic rings. The van der Waals surface area contributed by atoms with Gasteiger partial charge in [-0.25, -0.2) is 4.98 Å². The van der Waals surface area contributed by atoms with Gasteiger partial charge in [0.25, 0.3) is 0 Å². The second-order valence-electron chi connectivity index (χ2n) is 5.79. The summed E-state index contributed by atoms with van der Waals surface area (Å²) in [5, 5.41) is 4.63. The molecule has 0 unspecified atom stereocenters. The minimum atomic E-state index is 0.143. The normalized spacial score (nSPS) is 11.8. The Bertz CT molecular complexity index is 523. The summed E-state index contributed by atoms with van der Waals surface area (Å²) in [5.41, 5.74) is 2.41. The molecule has 0 saturated heterocycles. The summed E-state index contributed by atoms with van der Waals surface area (Å²) in [7, 11) is 0. The lowest BCUT2D eigenvalue weighted by Gasteiger charge is -2.13. The molecule has 0 atom stereocenters. The van der Waals surface area contributed by atoms with E-state index < -0.39 is 0 Å².